The summed E-state index contributed by atoms with van der Waals surface area (Å²) in [6.45, 7) is -0.249. The second-order valence-electron chi connectivity index (χ2n) is 7.64. The van der Waals surface area contributed by atoms with Gasteiger partial charge in [0.25, 0.3) is 11.1 Å². The summed E-state index contributed by atoms with van der Waals surface area (Å²) in [6.07, 6.45) is 1.55. The molecule has 12 heteroatoms. The van der Waals surface area contributed by atoms with E-state index in [1.807, 2.05) is 18.2 Å². The summed E-state index contributed by atoms with van der Waals surface area (Å²) in [5.41, 5.74) is 1.69. The molecule has 1 heterocycles. The van der Waals surface area contributed by atoms with Crippen LogP contribution in [0.2, 0.25) is 10.0 Å². The minimum atomic E-state index is -0.630. The van der Waals surface area contributed by atoms with Crippen LogP contribution in [0.1, 0.15) is 11.1 Å². The first kappa shape index (κ1) is 27.7. The number of carbonyl (C=O) groups excluding carboxylic acids is 3. The molecule has 0 radical (unpaired) electrons. The lowest BCUT2D eigenvalue weighted by molar-refractivity contribution is -0.127. The molecule has 1 saturated heterocycles. The Bertz CT molecular complexity index is 1430. The SMILES string of the molecule is O=C(CN1C(=O)S/C(=C/c2cc(Br)c(OCc3ccccc3Cl)c(Br)c2)C1=O)Nc1ccc(F)c(Cl)c1. The number of imide groups is 1. The summed E-state index contributed by atoms with van der Waals surface area (Å²) in [6, 6.07) is 14.5. The topological polar surface area (TPSA) is 75.7 Å². The Morgan fingerprint density at radius 3 is 2.43 bits per heavy atom. The third-order valence-corrected chi connectivity index (χ3v) is 7.77. The largest absolute Gasteiger partial charge is 0.486 e. The maximum absolute atomic E-state index is 13.3. The van der Waals surface area contributed by atoms with Gasteiger partial charge in [-0.25, -0.2) is 4.39 Å². The van der Waals surface area contributed by atoms with E-state index in [1.54, 1.807) is 24.3 Å². The zero-order valence-electron chi connectivity index (χ0n) is 18.6. The van der Waals surface area contributed by atoms with Gasteiger partial charge >= 0.3 is 0 Å². The molecule has 3 amide bonds. The Kier molecular flexibility index (Phi) is 8.97. The molecule has 1 aliphatic rings. The van der Waals surface area contributed by atoms with Crippen LogP contribution in [-0.2, 0) is 16.2 Å². The number of nitrogens with one attached hydrogen (secondary N) is 1. The average molecular weight is 689 g/mol. The fourth-order valence-corrected chi connectivity index (χ4v) is 5.93. The van der Waals surface area contributed by atoms with Crippen LogP contribution in [0, 0.1) is 5.82 Å². The van der Waals surface area contributed by atoms with E-state index < -0.39 is 29.4 Å². The first-order valence-corrected chi connectivity index (χ1v) is 13.6. The maximum Gasteiger partial charge on any atom is 0.294 e. The average Bonchev–Trinajstić information content (AvgIpc) is 3.09. The number of halogens is 5. The minimum absolute atomic E-state index is 0.158. The molecule has 0 spiro atoms. The number of ether oxygens (including phenoxy) is 1. The summed E-state index contributed by atoms with van der Waals surface area (Å²) in [7, 11) is 0. The van der Waals surface area contributed by atoms with E-state index in [2.05, 4.69) is 37.2 Å². The smallest absolute Gasteiger partial charge is 0.294 e. The van der Waals surface area contributed by atoms with Gasteiger partial charge in [-0.15, -0.1) is 0 Å². The molecule has 1 N–H and O–H groups in total. The molecule has 37 heavy (non-hydrogen) atoms. The standard InChI is InChI=1S/C25H15Br2Cl2FN2O4S/c26-16-7-13(8-17(27)23(16)36-12-14-3-1-2-4-18(14)28)9-21-24(34)32(25(35)37-21)11-22(33)31-15-5-6-20(30)19(29)10-15/h1-10H,11-12H2,(H,31,33)/b21-9+. The predicted octanol–water partition coefficient (Wildman–Crippen LogP) is 7.91. The van der Waals surface area contributed by atoms with Crippen molar-refractivity contribution in [2.24, 2.45) is 0 Å². The third kappa shape index (κ3) is 6.74. The van der Waals surface area contributed by atoms with E-state index in [0.717, 1.165) is 28.3 Å². The van der Waals surface area contributed by atoms with E-state index >= 15 is 0 Å². The number of carbonyl (C=O) groups is 3. The molecule has 0 unspecified atom stereocenters. The van der Waals surface area contributed by atoms with E-state index in [0.29, 0.717) is 25.3 Å². The molecule has 0 aromatic heterocycles. The number of hydrogen-bond donors (Lipinski definition) is 1. The number of rotatable bonds is 7. The van der Waals surface area contributed by atoms with Crippen molar-refractivity contribution in [3.05, 3.63) is 95.4 Å². The maximum atomic E-state index is 13.3. The Balaban J connectivity index is 1.44. The van der Waals surface area contributed by atoms with Crippen molar-refractivity contribution < 1.29 is 23.5 Å². The molecular formula is C25H15Br2Cl2FN2O4S. The highest BCUT2D eigenvalue weighted by atomic mass is 79.9. The summed E-state index contributed by atoms with van der Waals surface area (Å²) < 4.78 is 20.5. The summed E-state index contributed by atoms with van der Waals surface area (Å²) >= 11 is 19.6. The first-order chi connectivity index (χ1) is 17.6. The fraction of sp³-hybridized carbons (Fsp3) is 0.0800. The van der Waals surface area contributed by atoms with E-state index in [1.165, 1.54) is 12.1 Å². The highest BCUT2D eigenvalue weighted by molar-refractivity contribution is 9.11. The number of hydrogen-bond acceptors (Lipinski definition) is 5. The monoisotopic (exact) mass is 686 g/mol. The Morgan fingerprint density at radius 2 is 1.76 bits per heavy atom. The van der Waals surface area contributed by atoms with Gasteiger partial charge < -0.3 is 10.1 Å². The number of thioether (sulfide) groups is 1. The molecule has 0 atom stereocenters. The molecule has 4 rings (SSSR count). The number of nitrogens with zero attached hydrogens (tertiary/aromatic N) is 1. The van der Waals surface area contributed by atoms with Crippen molar-refractivity contribution in [3.63, 3.8) is 0 Å². The van der Waals surface area contributed by atoms with Crippen LogP contribution in [0.15, 0.2) is 68.4 Å². The Hall–Kier alpha value is -2.37. The lowest BCUT2D eigenvalue weighted by Crippen LogP contribution is -2.36. The molecule has 1 aliphatic heterocycles. The van der Waals surface area contributed by atoms with Crippen molar-refractivity contribution >= 4 is 95.6 Å². The Morgan fingerprint density at radius 1 is 1.05 bits per heavy atom. The normalized spacial score (nSPS) is 14.4. The molecule has 0 bridgehead atoms. The van der Waals surface area contributed by atoms with Crippen molar-refractivity contribution in [2.45, 2.75) is 6.61 Å². The van der Waals surface area contributed by atoms with Gasteiger partial charge in [0.1, 0.15) is 24.7 Å². The molecule has 1 fully saturated rings. The number of benzene rings is 3. The van der Waals surface area contributed by atoms with Gasteiger partial charge in [-0.2, -0.15) is 0 Å². The lowest BCUT2D eigenvalue weighted by atomic mass is 10.2. The van der Waals surface area contributed by atoms with Gasteiger partial charge in [-0.3, -0.25) is 19.3 Å². The minimum Gasteiger partial charge on any atom is -0.486 e. The predicted molar refractivity (Wildman–Crippen MR) is 150 cm³/mol. The van der Waals surface area contributed by atoms with Crippen LogP contribution < -0.4 is 10.1 Å². The van der Waals surface area contributed by atoms with Gasteiger partial charge in [0.15, 0.2) is 0 Å². The summed E-state index contributed by atoms with van der Waals surface area (Å²) in [5.74, 6) is -1.32. The Labute approximate surface area is 242 Å². The van der Waals surface area contributed by atoms with Gasteiger partial charge in [0.2, 0.25) is 5.91 Å². The van der Waals surface area contributed by atoms with Crippen LogP contribution in [0.25, 0.3) is 6.08 Å². The van der Waals surface area contributed by atoms with Gasteiger partial charge in [-0.1, -0.05) is 41.4 Å². The van der Waals surface area contributed by atoms with Gasteiger partial charge in [-0.05, 0) is 91.7 Å². The van der Waals surface area contributed by atoms with E-state index in [4.69, 9.17) is 27.9 Å². The van der Waals surface area contributed by atoms with Crippen molar-refractivity contribution in [3.8, 4) is 5.75 Å². The van der Waals surface area contributed by atoms with Gasteiger partial charge in [0, 0.05) is 16.3 Å². The van der Waals surface area contributed by atoms with Crippen molar-refractivity contribution in [1.82, 2.24) is 4.90 Å². The third-order valence-electron chi connectivity index (χ3n) is 5.03. The lowest BCUT2D eigenvalue weighted by Gasteiger charge is -2.13. The zero-order valence-corrected chi connectivity index (χ0v) is 24.1. The van der Waals surface area contributed by atoms with Crippen molar-refractivity contribution in [1.29, 1.82) is 0 Å². The van der Waals surface area contributed by atoms with E-state index in [9.17, 15) is 18.8 Å². The highest BCUT2D eigenvalue weighted by Gasteiger charge is 2.36. The van der Waals surface area contributed by atoms with Crippen LogP contribution in [0.3, 0.4) is 0 Å². The van der Waals surface area contributed by atoms with Crippen LogP contribution in [0.5, 0.6) is 5.75 Å². The number of anilines is 1. The van der Waals surface area contributed by atoms with Crippen LogP contribution in [0.4, 0.5) is 14.9 Å². The second kappa shape index (κ2) is 12.0. The summed E-state index contributed by atoms with van der Waals surface area (Å²) in [4.78, 5) is 38.6. The highest BCUT2D eigenvalue weighted by Crippen LogP contribution is 2.38. The van der Waals surface area contributed by atoms with Crippen LogP contribution in [-0.4, -0.2) is 28.5 Å². The van der Waals surface area contributed by atoms with E-state index in [-0.39, 0.29) is 22.2 Å². The zero-order chi connectivity index (χ0) is 26.7. The summed E-state index contributed by atoms with van der Waals surface area (Å²) in [5, 5.41) is 2.34. The second-order valence-corrected chi connectivity index (χ2v) is 11.2. The van der Waals surface area contributed by atoms with Gasteiger partial charge in [0.05, 0.1) is 18.9 Å². The molecule has 0 aliphatic carbocycles. The molecular weight excluding hydrogens is 674 g/mol. The molecule has 0 saturated carbocycles. The molecule has 190 valence electrons. The first-order valence-electron chi connectivity index (χ1n) is 10.5. The van der Waals surface area contributed by atoms with Crippen LogP contribution >= 0.6 is 66.8 Å². The molecule has 3 aromatic carbocycles. The quantitative estimate of drug-likeness (QED) is 0.256. The molecule has 6 nitrogen and oxygen atoms in total. The van der Waals surface area contributed by atoms with Crippen molar-refractivity contribution in [2.75, 3.05) is 11.9 Å². The number of amides is 3. The molecule has 3 aromatic rings. The fourth-order valence-electron chi connectivity index (χ4n) is 3.27.